The first-order valence-electron chi connectivity index (χ1n) is 14.5. The highest BCUT2D eigenvalue weighted by molar-refractivity contribution is 7.89. The number of amides is 2. The molecule has 1 saturated carbocycles. The summed E-state index contributed by atoms with van der Waals surface area (Å²) in [4.78, 5) is 30.6. The van der Waals surface area contributed by atoms with E-state index in [1.54, 1.807) is 11.0 Å². The summed E-state index contributed by atoms with van der Waals surface area (Å²) in [6.07, 6.45) is 5.16. The average Bonchev–Trinajstić information content (AvgIpc) is 3.40. The van der Waals surface area contributed by atoms with E-state index in [1.165, 1.54) is 5.56 Å². The van der Waals surface area contributed by atoms with Crippen molar-refractivity contribution < 1.29 is 22.7 Å². The highest BCUT2D eigenvalue weighted by Crippen LogP contribution is 2.33. The van der Waals surface area contributed by atoms with Crippen LogP contribution in [-0.4, -0.2) is 61.5 Å². The fourth-order valence-corrected chi connectivity index (χ4v) is 7.55. The molecule has 1 N–H and O–H groups in total. The minimum Gasteiger partial charge on any atom is -0.444 e. The molecule has 0 aromatic heterocycles. The Labute approximate surface area is 238 Å². The van der Waals surface area contributed by atoms with Gasteiger partial charge in [-0.1, -0.05) is 36.4 Å². The number of piperazine rings is 1. The predicted octanol–water partition coefficient (Wildman–Crippen LogP) is 4.83. The fourth-order valence-electron chi connectivity index (χ4n) is 6.20. The zero-order valence-corrected chi connectivity index (χ0v) is 24.6. The number of sulfonamides is 1. The van der Waals surface area contributed by atoms with E-state index in [2.05, 4.69) is 4.72 Å². The summed E-state index contributed by atoms with van der Waals surface area (Å²) in [5.41, 5.74) is 2.78. The minimum atomic E-state index is -3.61. The first-order chi connectivity index (χ1) is 19.0. The molecule has 2 amide bonds. The zero-order valence-electron chi connectivity index (χ0n) is 23.8. The first-order valence-corrected chi connectivity index (χ1v) is 16.0. The molecule has 1 atom stereocenters. The van der Waals surface area contributed by atoms with E-state index >= 15 is 0 Å². The maximum atomic E-state index is 13.8. The number of aryl methyl sites for hydroxylation is 2. The molecule has 216 valence electrons. The molecule has 40 heavy (non-hydrogen) atoms. The molecule has 2 fully saturated rings. The van der Waals surface area contributed by atoms with Crippen LogP contribution in [0.3, 0.4) is 0 Å². The van der Waals surface area contributed by atoms with Crippen molar-refractivity contribution in [1.82, 2.24) is 14.5 Å². The summed E-state index contributed by atoms with van der Waals surface area (Å²) >= 11 is 0. The van der Waals surface area contributed by atoms with Crippen molar-refractivity contribution in [3.8, 4) is 0 Å². The van der Waals surface area contributed by atoms with Gasteiger partial charge in [-0.15, -0.1) is 0 Å². The molecule has 2 aromatic carbocycles. The van der Waals surface area contributed by atoms with Crippen LogP contribution >= 0.6 is 0 Å². The Hall–Kier alpha value is -2.91. The molecule has 1 heterocycles. The molecule has 3 aliphatic rings. The number of carbonyl (C=O) groups is 2. The van der Waals surface area contributed by atoms with Crippen LogP contribution in [0.1, 0.15) is 75.6 Å². The van der Waals surface area contributed by atoms with Crippen molar-refractivity contribution in [3.05, 3.63) is 65.2 Å². The number of benzene rings is 2. The van der Waals surface area contributed by atoms with Crippen LogP contribution in [0, 0.1) is 5.92 Å². The fraction of sp³-hybridized carbons (Fsp3) is 0.548. The summed E-state index contributed by atoms with van der Waals surface area (Å²) in [6.45, 7) is 6.77. The van der Waals surface area contributed by atoms with Gasteiger partial charge in [-0.25, -0.2) is 17.9 Å². The second-order valence-electron chi connectivity index (χ2n) is 12.3. The Morgan fingerprint density at radius 2 is 1.62 bits per heavy atom. The maximum absolute atomic E-state index is 13.8. The topological polar surface area (TPSA) is 96.0 Å². The second-order valence-corrected chi connectivity index (χ2v) is 14.1. The van der Waals surface area contributed by atoms with E-state index in [0.717, 1.165) is 30.4 Å². The predicted molar refractivity (Wildman–Crippen MR) is 153 cm³/mol. The molecule has 1 saturated heterocycles. The summed E-state index contributed by atoms with van der Waals surface area (Å²) < 4.78 is 34.7. The van der Waals surface area contributed by atoms with Crippen molar-refractivity contribution in [2.24, 2.45) is 5.92 Å². The number of nitrogens with one attached hydrogen (secondary N) is 1. The van der Waals surface area contributed by atoms with Crippen LogP contribution in [0.15, 0.2) is 53.4 Å². The standard InChI is InChI=1S/C31H41N3O5S/c1-31(2,3)39-30(36)33-18-19-34(28(21-33)23-8-5-4-6-9-23)29(35)24-12-15-26(16-13-24)32-40(37,38)27-17-14-22-10-7-11-25(22)20-27/h4-6,8-9,14,17,20,24,26,28,32H,7,10-13,15-16,18-19,21H2,1-3H3/t24?,26?,28-/m1/s1. The van der Waals surface area contributed by atoms with E-state index in [-0.39, 0.29) is 30.0 Å². The highest BCUT2D eigenvalue weighted by Gasteiger charge is 2.39. The third-order valence-corrected chi connectivity index (χ3v) is 9.80. The second kappa shape index (κ2) is 11.5. The zero-order chi connectivity index (χ0) is 28.5. The molecule has 1 aliphatic heterocycles. The Bertz CT molecular complexity index is 1330. The van der Waals surface area contributed by atoms with Gasteiger partial charge in [0, 0.05) is 31.6 Å². The molecule has 0 spiro atoms. The molecule has 0 radical (unpaired) electrons. The van der Waals surface area contributed by atoms with Crippen LogP contribution in [0.25, 0.3) is 0 Å². The van der Waals surface area contributed by atoms with Gasteiger partial charge in [-0.2, -0.15) is 0 Å². The van der Waals surface area contributed by atoms with Gasteiger partial charge in [-0.3, -0.25) is 4.79 Å². The van der Waals surface area contributed by atoms with Crippen LogP contribution in [0.5, 0.6) is 0 Å². The molecule has 0 unspecified atom stereocenters. The van der Waals surface area contributed by atoms with E-state index in [1.807, 2.05) is 68.1 Å². The van der Waals surface area contributed by atoms with Crippen LogP contribution in [-0.2, 0) is 32.4 Å². The van der Waals surface area contributed by atoms with Crippen molar-refractivity contribution in [2.75, 3.05) is 19.6 Å². The van der Waals surface area contributed by atoms with Gasteiger partial charge in [0.1, 0.15) is 5.60 Å². The van der Waals surface area contributed by atoms with Gasteiger partial charge in [0.15, 0.2) is 0 Å². The highest BCUT2D eigenvalue weighted by atomic mass is 32.2. The number of rotatable bonds is 5. The number of nitrogens with zero attached hydrogens (tertiary/aromatic N) is 2. The van der Waals surface area contributed by atoms with Gasteiger partial charge < -0.3 is 14.5 Å². The first kappa shape index (κ1) is 28.6. The molecular weight excluding hydrogens is 526 g/mol. The largest absolute Gasteiger partial charge is 0.444 e. The third-order valence-electron chi connectivity index (χ3n) is 8.28. The molecule has 2 aromatic rings. The van der Waals surface area contributed by atoms with E-state index in [4.69, 9.17) is 4.74 Å². The van der Waals surface area contributed by atoms with Gasteiger partial charge in [0.2, 0.25) is 15.9 Å². The van der Waals surface area contributed by atoms with Crippen molar-refractivity contribution >= 4 is 22.0 Å². The van der Waals surface area contributed by atoms with Crippen LogP contribution in [0.4, 0.5) is 4.79 Å². The van der Waals surface area contributed by atoms with E-state index in [0.29, 0.717) is 50.2 Å². The van der Waals surface area contributed by atoms with Crippen molar-refractivity contribution in [3.63, 3.8) is 0 Å². The number of ether oxygens (including phenoxy) is 1. The molecule has 9 heteroatoms. The Balaban J connectivity index is 1.22. The SMILES string of the molecule is CC(C)(C)OC(=O)N1CCN(C(=O)C2CCC(NS(=O)(=O)c3ccc4c(c3)CCC4)CC2)[C@@H](c2ccccc2)C1. The molecule has 5 rings (SSSR count). The van der Waals surface area contributed by atoms with Crippen LogP contribution < -0.4 is 4.72 Å². The Morgan fingerprint density at radius 3 is 2.33 bits per heavy atom. The Kier molecular flexibility index (Phi) is 8.25. The molecule has 0 bridgehead atoms. The summed E-state index contributed by atoms with van der Waals surface area (Å²) in [6, 6.07) is 14.9. The normalized spacial score (nSPS) is 23.5. The monoisotopic (exact) mass is 567 g/mol. The number of hydrogen-bond donors (Lipinski definition) is 1. The van der Waals surface area contributed by atoms with Crippen molar-refractivity contribution in [2.45, 2.75) is 88.3 Å². The number of fused-ring (bicyclic) bond motifs is 1. The number of carbonyl (C=O) groups excluding carboxylic acids is 2. The molecular formula is C31H41N3O5S. The number of hydrogen-bond acceptors (Lipinski definition) is 5. The molecule has 2 aliphatic carbocycles. The Morgan fingerprint density at radius 1 is 0.925 bits per heavy atom. The lowest BCUT2D eigenvalue weighted by Crippen LogP contribution is -2.54. The average molecular weight is 568 g/mol. The minimum absolute atomic E-state index is 0.0811. The van der Waals surface area contributed by atoms with Gasteiger partial charge in [-0.05, 0) is 94.5 Å². The van der Waals surface area contributed by atoms with E-state index in [9.17, 15) is 18.0 Å². The van der Waals surface area contributed by atoms with Crippen molar-refractivity contribution in [1.29, 1.82) is 0 Å². The smallest absolute Gasteiger partial charge is 0.410 e. The summed E-state index contributed by atoms with van der Waals surface area (Å²) in [5, 5.41) is 0. The third kappa shape index (κ3) is 6.52. The van der Waals surface area contributed by atoms with Gasteiger partial charge >= 0.3 is 6.09 Å². The van der Waals surface area contributed by atoms with Crippen LogP contribution in [0.2, 0.25) is 0 Å². The van der Waals surface area contributed by atoms with Gasteiger partial charge in [0.25, 0.3) is 0 Å². The summed E-state index contributed by atoms with van der Waals surface area (Å²) in [7, 11) is -3.61. The maximum Gasteiger partial charge on any atom is 0.410 e. The van der Waals surface area contributed by atoms with Gasteiger partial charge in [0.05, 0.1) is 10.9 Å². The van der Waals surface area contributed by atoms with E-state index < -0.39 is 15.6 Å². The lowest BCUT2D eigenvalue weighted by molar-refractivity contribution is -0.142. The summed E-state index contributed by atoms with van der Waals surface area (Å²) in [5.74, 6) is -0.0855. The lowest BCUT2D eigenvalue weighted by Gasteiger charge is -2.43. The quantitative estimate of drug-likeness (QED) is 0.558. The lowest BCUT2D eigenvalue weighted by atomic mass is 9.85. The molecule has 8 nitrogen and oxygen atoms in total.